The summed E-state index contributed by atoms with van der Waals surface area (Å²) in [6, 6.07) is 10.8. The molecule has 0 aliphatic carbocycles. The van der Waals surface area contributed by atoms with Crippen LogP contribution in [0.3, 0.4) is 0 Å². The molecule has 0 radical (unpaired) electrons. The molecule has 182 valence electrons. The van der Waals surface area contributed by atoms with Crippen LogP contribution in [0.1, 0.15) is 24.7 Å². The molecule has 12 heteroatoms. The Morgan fingerprint density at radius 1 is 1.18 bits per heavy atom. The van der Waals surface area contributed by atoms with Crippen molar-refractivity contribution in [3.05, 3.63) is 48.3 Å². The molecule has 3 N–H and O–H groups in total. The van der Waals surface area contributed by atoms with Crippen LogP contribution < -0.4 is 20.3 Å². The van der Waals surface area contributed by atoms with E-state index in [9.17, 15) is 18.0 Å². The standard InChI is InChI=1S/C22H24F3N4O4P/c1-34(21(26)30)27-13-20-28-18-7-6-17(12-19(18)29(20)14-8-10-31-11-9-14)32-15-2-4-16(5-3-15)33-22(23,24)25/h2-7,12,14,27H,8-11,13H2,1H3,(H2,26,30). The van der Waals surface area contributed by atoms with Gasteiger partial charge in [0.2, 0.25) is 0 Å². The zero-order valence-electron chi connectivity index (χ0n) is 18.3. The van der Waals surface area contributed by atoms with Crippen molar-refractivity contribution in [2.75, 3.05) is 19.9 Å². The molecule has 8 nitrogen and oxygen atoms in total. The second-order valence-electron chi connectivity index (χ2n) is 7.75. The summed E-state index contributed by atoms with van der Waals surface area (Å²) in [6.07, 6.45) is -3.11. The van der Waals surface area contributed by atoms with Crippen LogP contribution in [0.2, 0.25) is 0 Å². The van der Waals surface area contributed by atoms with Crippen molar-refractivity contribution in [1.82, 2.24) is 14.6 Å². The first-order chi connectivity index (χ1) is 16.2. The lowest BCUT2D eigenvalue weighted by molar-refractivity contribution is -0.274. The SMILES string of the molecule is CP(NCc1nc2ccc(Oc3ccc(OC(F)(F)F)cc3)cc2n1C1CCOCC1)C(N)=O. The maximum atomic E-state index is 12.4. The molecule has 2 aromatic carbocycles. The zero-order chi connectivity index (χ0) is 24.3. The van der Waals surface area contributed by atoms with Gasteiger partial charge in [0.25, 0.3) is 5.65 Å². The summed E-state index contributed by atoms with van der Waals surface area (Å²) in [5.41, 5.74) is 6.64. The summed E-state index contributed by atoms with van der Waals surface area (Å²) in [5, 5.41) is 3.17. The third-order valence-electron chi connectivity index (χ3n) is 5.39. The van der Waals surface area contributed by atoms with E-state index in [0.29, 0.717) is 31.3 Å². The summed E-state index contributed by atoms with van der Waals surface area (Å²) >= 11 is 0. The molecule has 1 unspecified atom stereocenters. The van der Waals surface area contributed by atoms with Gasteiger partial charge in [0.05, 0.1) is 25.7 Å². The Hall–Kier alpha value is -2.88. The second-order valence-corrected chi connectivity index (χ2v) is 9.62. The van der Waals surface area contributed by atoms with Crippen molar-refractivity contribution in [2.45, 2.75) is 31.8 Å². The highest BCUT2D eigenvalue weighted by molar-refractivity contribution is 7.72. The first-order valence-corrected chi connectivity index (χ1v) is 12.4. The van der Waals surface area contributed by atoms with Gasteiger partial charge in [0, 0.05) is 25.3 Å². The lowest BCUT2D eigenvalue weighted by atomic mass is 10.1. The number of amides is 1. The average Bonchev–Trinajstić information content (AvgIpc) is 3.16. The van der Waals surface area contributed by atoms with E-state index in [1.54, 1.807) is 12.7 Å². The molecule has 1 amide bonds. The van der Waals surface area contributed by atoms with Gasteiger partial charge in [0.15, 0.2) is 0 Å². The highest BCUT2D eigenvalue weighted by Crippen LogP contribution is 2.33. The van der Waals surface area contributed by atoms with Gasteiger partial charge < -0.3 is 24.5 Å². The third-order valence-corrected chi connectivity index (χ3v) is 6.68. The Labute approximate surface area is 195 Å². The van der Waals surface area contributed by atoms with E-state index in [4.69, 9.17) is 20.2 Å². The van der Waals surface area contributed by atoms with E-state index >= 15 is 0 Å². The molecule has 34 heavy (non-hydrogen) atoms. The lowest BCUT2D eigenvalue weighted by Crippen LogP contribution is -2.24. The van der Waals surface area contributed by atoms with Crippen molar-refractivity contribution >= 4 is 24.8 Å². The van der Waals surface area contributed by atoms with Crippen molar-refractivity contribution in [2.24, 2.45) is 5.73 Å². The minimum Gasteiger partial charge on any atom is -0.457 e. The quantitative estimate of drug-likeness (QED) is 0.412. The fraction of sp³-hybridized carbons (Fsp3) is 0.364. The third kappa shape index (κ3) is 5.97. The normalized spacial score (nSPS) is 15.9. The summed E-state index contributed by atoms with van der Waals surface area (Å²) in [5.74, 6) is 1.34. The van der Waals surface area contributed by atoms with Gasteiger partial charge in [-0.3, -0.25) is 9.88 Å². The van der Waals surface area contributed by atoms with E-state index in [1.807, 2.05) is 12.1 Å². The predicted molar refractivity (Wildman–Crippen MR) is 121 cm³/mol. The number of benzene rings is 2. The molecule has 4 rings (SSSR count). The highest BCUT2D eigenvalue weighted by atomic mass is 31.1. The average molecular weight is 496 g/mol. The Morgan fingerprint density at radius 2 is 1.82 bits per heavy atom. The van der Waals surface area contributed by atoms with Crippen LogP contribution in [0.4, 0.5) is 18.0 Å². The number of hydrogen-bond acceptors (Lipinski definition) is 6. The van der Waals surface area contributed by atoms with Crippen molar-refractivity contribution < 1.29 is 32.2 Å². The molecule has 1 saturated heterocycles. The fourth-order valence-electron chi connectivity index (χ4n) is 3.77. The van der Waals surface area contributed by atoms with Crippen LogP contribution in [0, 0.1) is 0 Å². The Bertz CT molecular complexity index is 1150. The number of nitrogens with zero attached hydrogens (tertiary/aromatic N) is 2. The molecular weight excluding hydrogens is 472 g/mol. The number of nitrogens with one attached hydrogen (secondary N) is 1. The van der Waals surface area contributed by atoms with Crippen LogP contribution in [0.25, 0.3) is 11.0 Å². The molecule has 1 fully saturated rings. The number of halogens is 3. The van der Waals surface area contributed by atoms with Crippen LogP contribution in [-0.2, 0) is 11.3 Å². The molecule has 0 spiro atoms. The maximum Gasteiger partial charge on any atom is 0.573 e. The lowest BCUT2D eigenvalue weighted by Gasteiger charge is -2.26. The minimum absolute atomic E-state index is 0.168. The highest BCUT2D eigenvalue weighted by Gasteiger charge is 2.31. The smallest absolute Gasteiger partial charge is 0.457 e. The number of aromatic nitrogens is 2. The number of imidazole rings is 1. The number of rotatable bonds is 8. The van der Waals surface area contributed by atoms with E-state index in [0.717, 1.165) is 29.7 Å². The minimum atomic E-state index is -4.75. The number of alkyl halides is 3. The monoisotopic (exact) mass is 496 g/mol. The Balaban J connectivity index is 1.60. The molecule has 3 aromatic rings. The van der Waals surface area contributed by atoms with E-state index in [-0.39, 0.29) is 17.4 Å². The summed E-state index contributed by atoms with van der Waals surface area (Å²) in [7, 11) is -1.17. The fourth-order valence-corrected chi connectivity index (χ4v) is 4.31. The zero-order valence-corrected chi connectivity index (χ0v) is 19.2. The molecule has 1 aliphatic rings. The van der Waals surface area contributed by atoms with Gasteiger partial charge in [-0.25, -0.2) is 4.98 Å². The van der Waals surface area contributed by atoms with Crippen LogP contribution >= 0.6 is 8.07 Å². The number of carbonyl (C=O) groups is 1. The first-order valence-electron chi connectivity index (χ1n) is 10.6. The molecule has 0 bridgehead atoms. The predicted octanol–water partition coefficient (Wildman–Crippen LogP) is 5.27. The number of nitrogens with two attached hydrogens (primary N) is 1. The van der Waals surface area contributed by atoms with Gasteiger partial charge in [-0.15, -0.1) is 13.2 Å². The number of hydrogen-bond donors (Lipinski definition) is 2. The van der Waals surface area contributed by atoms with Crippen LogP contribution in [0.5, 0.6) is 17.2 Å². The van der Waals surface area contributed by atoms with E-state index in [2.05, 4.69) is 14.4 Å². The number of carbonyl (C=O) groups excluding carboxylic acids is 1. The largest absolute Gasteiger partial charge is 0.573 e. The second kappa shape index (κ2) is 10.2. The molecule has 0 saturated carbocycles. The van der Waals surface area contributed by atoms with Crippen LogP contribution in [0.15, 0.2) is 42.5 Å². The van der Waals surface area contributed by atoms with Crippen molar-refractivity contribution in [1.29, 1.82) is 0 Å². The number of ether oxygens (including phenoxy) is 3. The molecular formula is C22H24F3N4O4P. The van der Waals surface area contributed by atoms with Gasteiger partial charge in [0.1, 0.15) is 23.1 Å². The maximum absolute atomic E-state index is 12.4. The van der Waals surface area contributed by atoms with Crippen molar-refractivity contribution in [3.8, 4) is 17.2 Å². The van der Waals surface area contributed by atoms with Crippen molar-refractivity contribution in [3.63, 3.8) is 0 Å². The summed E-state index contributed by atoms with van der Waals surface area (Å²) < 4.78 is 54.5. The molecule has 2 heterocycles. The molecule has 1 aromatic heterocycles. The van der Waals surface area contributed by atoms with Crippen LogP contribution in [-0.4, -0.2) is 41.4 Å². The number of primary amides is 1. The Morgan fingerprint density at radius 3 is 2.47 bits per heavy atom. The Kier molecular flexibility index (Phi) is 7.25. The van der Waals surface area contributed by atoms with Gasteiger partial charge in [-0.2, -0.15) is 0 Å². The van der Waals surface area contributed by atoms with E-state index < -0.39 is 14.4 Å². The summed E-state index contributed by atoms with van der Waals surface area (Å²) in [6.45, 7) is 3.42. The van der Waals surface area contributed by atoms with Gasteiger partial charge in [-0.05, 0) is 55.9 Å². The molecule has 1 aliphatic heterocycles. The molecule has 1 atom stereocenters. The van der Waals surface area contributed by atoms with Gasteiger partial charge >= 0.3 is 6.36 Å². The van der Waals surface area contributed by atoms with Gasteiger partial charge in [-0.1, -0.05) is 0 Å². The first kappa shape index (κ1) is 24.3. The number of fused-ring (bicyclic) bond motifs is 1. The summed E-state index contributed by atoms with van der Waals surface area (Å²) in [4.78, 5) is 16.2. The van der Waals surface area contributed by atoms with E-state index in [1.165, 1.54) is 24.3 Å². The topological polar surface area (TPSA) is 101 Å².